The van der Waals surface area contributed by atoms with Gasteiger partial charge in [0, 0.05) is 18.8 Å². The first-order valence-electron chi connectivity index (χ1n) is 7.03. The standard InChI is InChI=1S/C15H17N5O2/c1-3-21-13-6-4-11(5-7-13)14-18-19-15(22-14)16-10-12-8-9-17-20(12)2/h4-9H,3,10H2,1-2H3,(H,16,19). The quantitative estimate of drug-likeness (QED) is 0.753. The minimum atomic E-state index is 0.380. The minimum Gasteiger partial charge on any atom is -0.494 e. The van der Waals surface area contributed by atoms with Crippen molar-refractivity contribution >= 4 is 6.01 Å². The molecule has 0 spiro atoms. The van der Waals surface area contributed by atoms with E-state index in [9.17, 15) is 0 Å². The van der Waals surface area contributed by atoms with Crippen molar-refractivity contribution in [2.45, 2.75) is 13.5 Å². The molecule has 1 aromatic carbocycles. The number of anilines is 1. The summed E-state index contributed by atoms with van der Waals surface area (Å²) in [5.41, 5.74) is 1.88. The molecule has 22 heavy (non-hydrogen) atoms. The van der Waals surface area contributed by atoms with Crippen molar-refractivity contribution < 1.29 is 9.15 Å². The molecule has 0 bridgehead atoms. The fraction of sp³-hybridized carbons (Fsp3) is 0.267. The van der Waals surface area contributed by atoms with Crippen LogP contribution in [0.4, 0.5) is 6.01 Å². The van der Waals surface area contributed by atoms with E-state index in [1.165, 1.54) is 0 Å². The Balaban J connectivity index is 1.66. The predicted octanol–water partition coefficient (Wildman–Crippen LogP) is 2.48. The maximum absolute atomic E-state index is 5.60. The third-order valence-electron chi connectivity index (χ3n) is 3.18. The second-order valence-corrected chi connectivity index (χ2v) is 4.67. The van der Waals surface area contributed by atoms with E-state index >= 15 is 0 Å². The summed E-state index contributed by atoms with van der Waals surface area (Å²) in [5, 5.41) is 15.2. The number of hydrogen-bond donors (Lipinski definition) is 1. The lowest BCUT2D eigenvalue weighted by molar-refractivity contribution is 0.340. The second kappa shape index (κ2) is 6.30. The highest BCUT2D eigenvalue weighted by atomic mass is 16.5. The molecule has 114 valence electrons. The van der Waals surface area contributed by atoms with Crippen molar-refractivity contribution in [1.29, 1.82) is 0 Å². The van der Waals surface area contributed by atoms with Gasteiger partial charge in [0.2, 0.25) is 5.89 Å². The lowest BCUT2D eigenvalue weighted by Crippen LogP contribution is -2.05. The summed E-state index contributed by atoms with van der Waals surface area (Å²) in [4.78, 5) is 0. The molecule has 0 amide bonds. The number of ether oxygens (including phenoxy) is 1. The summed E-state index contributed by atoms with van der Waals surface area (Å²) >= 11 is 0. The van der Waals surface area contributed by atoms with Gasteiger partial charge in [0.1, 0.15) is 5.75 Å². The highest BCUT2D eigenvalue weighted by Crippen LogP contribution is 2.22. The molecule has 1 N–H and O–H groups in total. The highest BCUT2D eigenvalue weighted by Gasteiger charge is 2.09. The van der Waals surface area contributed by atoms with Gasteiger partial charge in [0.05, 0.1) is 18.8 Å². The Kier molecular flexibility index (Phi) is 4.04. The van der Waals surface area contributed by atoms with Crippen molar-refractivity contribution in [3.05, 3.63) is 42.2 Å². The molecule has 0 fully saturated rings. The van der Waals surface area contributed by atoms with Crippen LogP contribution in [0.2, 0.25) is 0 Å². The Labute approximate surface area is 127 Å². The van der Waals surface area contributed by atoms with Crippen molar-refractivity contribution in [3.8, 4) is 17.2 Å². The molecule has 2 aromatic heterocycles. The maximum atomic E-state index is 5.60. The summed E-state index contributed by atoms with van der Waals surface area (Å²) in [5.74, 6) is 1.29. The van der Waals surface area contributed by atoms with Crippen LogP contribution in [-0.4, -0.2) is 26.6 Å². The van der Waals surface area contributed by atoms with Gasteiger partial charge in [-0.1, -0.05) is 5.10 Å². The molecule has 0 saturated heterocycles. The number of benzene rings is 1. The Morgan fingerprint density at radius 3 is 2.68 bits per heavy atom. The fourth-order valence-electron chi connectivity index (χ4n) is 2.01. The van der Waals surface area contributed by atoms with Crippen LogP contribution in [0.3, 0.4) is 0 Å². The van der Waals surface area contributed by atoms with Crippen molar-refractivity contribution in [3.63, 3.8) is 0 Å². The zero-order valence-corrected chi connectivity index (χ0v) is 12.5. The molecule has 2 heterocycles. The van der Waals surface area contributed by atoms with Crippen LogP contribution < -0.4 is 10.1 Å². The van der Waals surface area contributed by atoms with Crippen LogP contribution in [0.25, 0.3) is 11.5 Å². The average Bonchev–Trinajstić information content (AvgIpc) is 3.15. The maximum Gasteiger partial charge on any atom is 0.316 e. The van der Waals surface area contributed by atoms with Gasteiger partial charge in [-0.15, -0.1) is 5.10 Å². The van der Waals surface area contributed by atoms with Crippen molar-refractivity contribution in [2.75, 3.05) is 11.9 Å². The zero-order valence-electron chi connectivity index (χ0n) is 12.5. The largest absolute Gasteiger partial charge is 0.494 e. The first-order chi connectivity index (χ1) is 10.8. The Morgan fingerprint density at radius 2 is 2.00 bits per heavy atom. The molecule has 0 aliphatic heterocycles. The van der Waals surface area contributed by atoms with Crippen LogP contribution in [0.5, 0.6) is 5.75 Å². The van der Waals surface area contributed by atoms with Gasteiger partial charge in [-0.2, -0.15) is 5.10 Å². The third-order valence-corrected chi connectivity index (χ3v) is 3.18. The molecule has 0 atom stereocenters. The summed E-state index contributed by atoms with van der Waals surface area (Å²) in [6, 6.07) is 9.85. The Hall–Kier alpha value is -2.83. The van der Waals surface area contributed by atoms with Crippen LogP contribution >= 0.6 is 0 Å². The van der Waals surface area contributed by atoms with E-state index < -0.39 is 0 Å². The van der Waals surface area contributed by atoms with Crippen LogP contribution in [0.1, 0.15) is 12.6 Å². The van der Waals surface area contributed by atoms with Gasteiger partial charge in [-0.05, 0) is 37.3 Å². The van der Waals surface area contributed by atoms with E-state index in [0.717, 1.165) is 17.0 Å². The molecular formula is C15H17N5O2. The fourth-order valence-corrected chi connectivity index (χ4v) is 2.01. The lowest BCUT2D eigenvalue weighted by atomic mass is 10.2. The van der Waals surface area contributed by atoms with E-state index in [0.29, 0.717) is 25.1 Å². The molecule has 0 unspecified atom stereocenters. The molecule has 0 aliphatic carbocycles. The minimum absolute atomic E-state index is 0.380. The summed E-state index contributed by atoms with van der Waals surface area (Å²) < 4.78 is 12.8. The number of rotatable bonds is 6. The molecule has 0 saturated carbocycles. The monoisotopic (exact) mass is 299 g/mol. The topological polar surface area (TPSA) is 78.0 Å². The first-order valence-corrected chi connectivity index (χ1v) is 7.03. The Morgan fingerprint density at radius 1 is 1.18 bits per heavy atom. The van der Waals surface area contributed by atoms with E-state index in [4.69, 9.17) is 9.15 Å². The van der Waals surface area contributed by atoms with Crippen LogP contribution in [0.15, 0.2) is 40.9 Å². The van der Waals surface area contributed by atoms with Gasteiger partial charge < -0.3 is 14.5 Å². The van der Waals surface area contributed by atoms with E-state index in [1.54, 1.807) is 10.9 Å². The lowest BCUT2D eigenvalue weighted by Gasteiger charge is -2.02. The normalized spacial score (nSPS) is 10.6. The predicted molar refractivity (Wildman–Crippen MR) is 81.4 cm³/mol. The molecular weight excluding hydrogens is 282 g/mol. The number of aromatic nitrogens is 4. The molecule has 3 rings (SSSR count). The first kappa shape index (κ1) is 14.1. The van der Waals surface area contributed by atoms with Crippen molar-refractivity contribution in [2.24, 2.45) is 7.05 Å². The van der Waals surface area contributed by atoms with Crippen LogP contribution in [-0.2, 0) is 13.6 Å². The van der Waals surface area contributed by atoms with E-state index in [-0.39, 0.29) is 0 Å². The number of nitrogens with zero attached hydrogens (tertiary/aromatic N) is 4. The highest BCUT2D eigenvalue weighted by molar-refractivity contribution is 5.54. The summed E-state index contributed by atoms with van der Waals surface area (Å²) in [6.07, 6.45) is 1.75. The molecule has 7 nitrogen and oxygen atoms in total. The molecule has 0 aliphatic rings. The van der Waals surface area contributed by atoms with Gasteiger partial charge in [0.25, 0.3) is 0 Å². The van der Waals surface area contributed by atoms with Crippen LogP contribution in [0, 0.1) is 0 Å². The van der Waals surface area contributed by atoms with Crippen molar-refractivity contribution in [1.82, 2.24) is 20.0 Å². The zero-order chi connectivity index (χ0) is 15.4. The number of hydrogen-bond acceptors (Lipinski definition) is 6. The van der Waals surface area contributed by atoms with Gasteiger partial charge in [-0.25, -0.2) is 0 Å². The second-order valence-electron chi connectivity index (χ2n) is 4.67. The van der Waals surface area contributed by atoms with E-state index in [2.05, 4.69) is 20.6 Å². The molecule has 7 heteroatoms. The number of nitrogens with one attached hydrogen (secondary N) is 1. The van der Waals surface area contributed by atoms with Gasteiger partial charge in [-0.3, -0.25) is 4.68 Å². The smallest absolute Gasteiger partial charge is 0.316 e. The molecule has 3 aromatic rings. The SMILES string of the molecule is CCOc1ccc(-c2nnc(NCc3ccnn3C)o2)cc1. The summed E-state index contributed by atoms with van der Waals surface area (Å²) in [7, 11) is 1.89. The Bertz CT molecular complexity index is 732. The van der Waals surface area contributed by atoms with Gasteiger partial charge >= 0.3 is 6.01 Å². The van der Waals surface area contributed by atoms with Gasteiger partial charge in [0.15, 0.2) is 0 Å². The number of aryl methyl sites for hydroxylation is 1. The summed E-state index contributed by atoms with van der Waals surface area (Å²) in [6.45, 7) is 3.16. The molecule has 0 radical (unpaired) electrons. The average molecular weight is 299 g/mol. The third kappa shape index (κ3) is 3.08. The van der Waals surface area contributed by atoms with E-state index in [1.807, 2.05) is 44.3 Å².